The van der Waals surface area contributed by atoms with Crippen molar-refractivity contribution in [1.29, 1.82) is 0 Å². The Morgan fingerprint density at radius 2 is 2.50 bits per heavy atom. The maximum Gasteiger partial charge on any atom is 0.0764 e. The highest BCUT2D eigenvalue weighted by molar-refractivity contribution is 14.1. The zero-order valence-corrected chi connectivity index (χ0v) is 7.36. The highest BCUT2D eigenvalue weighted by Gasteiger charge is 1.97. The van der Waals surface area contributed by atoms with Crippen molar-refractivity contribution in [1.82, 2.24) is 9.59 Å². The molecular weight excluding hydrogens is 235 g/mol. The van der Waals surface area contributed by atoms with Gasteiger partial charge >= 0.3 is 0 Å². The van der Waals surface area contributed by atoms with E-state index in [-0.39, 0.29) is 0 Å². The molecule has 0 fully saturated rings. The maximum absolute atomic E-state index is 3.85. The second-order valence-corrected chi connectivity index (χ2v) is 3.02. The molecule has 0 aromatic carbocycles. The molecule has 4 heteroatoms. The van der Waals surface area contributed by atoms with Crippen molar-refractivity contribution in [2.24, 2.45) is 0 Å². The van der Waals surface area contributed by atoms with Gasteiger partial charge < -0.3 is 0 Å². The van der Waals surface area contributed by atoms with Gasteiger partial charge in [-0.05, 0) is 18.5 Å². The first-order valence-electron chi connectivity index (χ1n) is 2.18. The highest BCUT2D eigenvalue weighted by atomic mass is 127. The molecule has 0 spiro atoms. The van der Waals surface area contributed by atoms with Crippen LogP contribution in [0.3, 0.4) is 0 Å². The number of nitrogens with zero attached hydrogens (tertiary/aromatic N) is 2. The molecule has 2 nitrogen and oxygen atoms in total. The van der Waals surface area contributed by atoms with Gasteiger partial charge in [-0.15, -0.1) is 5.10 Å². The molecule has 0 N–H and O–H groups in total. The number of hydrogen-bond acceptors (Lipinski definition) is 3. The van der Waals surface area contributed by atoms with Gasteiger partial charge in [0.05, 0.1) is 10.6 Å². The van der Waals surface area contributed by atoms with Gasteiger partial charge in [0.2, 0.25) is 0 Å². The van der Waals surface area contributed by atoms with Crippen molar-refractivity contribution >= 4 is 34.1 Å². The van der Waals surface area contributed by atoms with Crippen LogP contribution in [-0.2, 0) is 4.43 Å². The van der Waals surface area contributed by atoms with Gasteiger partial charge in [-0.3, -0.25) is 0 Å². The normalized spacial score (nSPS) is 9.75. The van der Waals surface area contributed by atoms with Crippen LogP contribution in [0.2, 0.25) is 0 Å². The topological polar surface area (TPSA) is 25.8 Å². The quantitative estimate of drug-likeness (QED) is 0.552. The molecule has 0 unspecified atom stereocenters. The fourth-order valence-corrected chi connectivity index (χ4v) is 1.83. The molecular formula is C4H5IN2S. The first-order valence-corrected chi connectivity index (χ1v) is 4.48. The summed E-state index contributed by atoms with van der Waals surface area (Å²) >= 11 is 3.79. The van der Waals surface area contributed by atoms with Crippen molar-refractivity contribution in [2.45, 2.75) is 11.4 Å². The third kappa shape index (κ3) is 1.17. The summed E-state index contributed by atoms with van der Waals surface area (Å²) in [5.41, 5.74) is 1.07. The summed E-state index contributed by atoms with van der Waals surface area (Å²) in [5.74, 6) is 0. The molecule has 44 valence electrons. The van der Waals surface area contributed by atoms with Gasteiger partial charge in [-0.25, -0.2) is 0 Å². The lowest BCUT2D eigenvalue weighted by Crippen LogP contribution is -1.74. The van der Waals surface area contributed by atoms with Gasteiger partial charge in [0.15, 0.2) is 0 Å². The number of rotatable bonds is 1. The van der Waals surface area contributed by atoms with E-state index in [4.69, 9.17) is 0 Å². The molecule has 1 aromatic heterocycles. The van der Waals surface area contributed by atoms with Gasteiger partial charge in [-0.2, -0.15) is 0 Å². The van der Waals surface area contributed by atoms with Crippen LogP contribution in [0.15, 0.2) is 0 Å². The Morgan fingerprint density at radius 3 is 2.75 bits per heavy atom. The standard InChI is InChI=1S/C4H5IN2S/c1-3-4(2-5)8-7-6-3/h2H2,1H3. The Labute approximate surface area is 65.6 Å². The van der Waals surface area contributed by atoms with Crippen molar-refractivity contribution in [3.05, 3.63) is 10.6 Å². The molecule has 1 heterocycles. The molecule has 0 bridgehead atoms. The largest absolute Gasteiger partial charge is 0.143 e. The van der Waals surface area contributed by atoms with Gasteiger partial charge in [0, 0.05) is 4.43 Å². The second-order valence-electron chi connectivity index (χ2n) is 1.42. The smallest absolute Gasteiger partial charge is 0.0764 e. The third-order valence-corrected chi connectivity index (χ3v) is 2.97. The fourth-order valence-electron chi connectivity index (χ4n) is 0.374. The van der Waals surface area contributed by atoms with E-state index in [0.29, 0.717) is 0 Å². The van der Waals surface area contributed by atoms with Crippen LogP contribution in [0.5, 0.6) is 0 Å². The monoisotopic (exact) mass is 240 g/mol. The Balaban J connectivity index is 2.92. The van der Waals surface area contributed by atoms with E-state index in [1.807, 2.05) is 6.92 Å². The molecule has 8 heavy (non-hydrogen) atoms. The van der Waals surface area contributed by atoms with E-state index >= 15 is 0 Å². The average Bonchev–Trinajstić information content (AvgIpc) is 2.14. The Hall–Kier alpha value is 0.290. The minimum Gasteiger partial charge on any atom is -0.143 e. The Morgan fingerprint density at radius 1 is 1.75 bits per heavy atom. The molecule has 0 aliphatic heterocycles. The Bertz CT molecular complexity index is 174. The molecule has 1 aromatic rings. The van der Waals surface area contributed by atoms with Crippen LogP contribution in [-0.4, -0.2) is 9.59 Å². The first-order chi connectivity index (χ1) is 3.84. The summed E-state index contributed by atoms with van der Waals surface area (Å²) < 4.78 is 4.81. The van der Waals surface area contributed by atoms with E-state index in [1.54, 1.807) is 0 Å². The van der Waals surface area contributed by atoms with E-state index in [9.17, 15) is 0 Å². The van der Waals surface area contributed by atoms with Crippen LogP contribution >= 0.6 is 34.1 Å². The molecule has 0 saturated carbocycles. The lowest BCUT2D eigenvalue weighted by atomic mass is 10.4. The van der Waals surface area contributed by atoms with E-state index in [1.165, 1.54) is 16.4 Å². The predicted molar refractivity (Wildman–Crippen MR) is 42.4 cm³/mol. The number of hydrogen-bond donors (Lipinski definition) is 0. The molecule has 0 atom stereocenters. The van der Waals surface area contributed by atoms with Crippen molar-refractivity contribution < 1.29 is 0 Å². The van der Waals surface area contributed by atoms with Crippen molar-refractivity contribution in [3.8, 4) is 0 Å². The molecule has 0 aliphatic carbocycles. The van der Waals surface area contributed by atoms with Gasteiger partial charge in [0.25, 0.3) is 0 Å². The molecule has 0 amide bonds. The zero-order valence-electron chi connectivity index (χ0n) is 4.39. The summed E-state index contributed by atoms with van der Waals surface area (Å²) in [5, 5.41) is 3.85. The van der Waals surface area contributed by atoms with Gasteiger partial charge in [-0.1, -0.05) is 27.1 Å². The van der Waals surface area contributed by atoms with Crippen molar-refractivity contribution in [2.75, 3.05) is 0 Å². The second kappa shape index (κ2) is 2.72. The number of aromatic nitrogens is 2. The first kappa shape index (κ1) is 6.41. The predicted octanol–water partition coefficient (Wildman–Crippen LogP) is 1.78. The SMILES string of the molecule is Cc1nnsc1CI. The summed E-state index contributed by atoms with van der Waals surface area (Å²) in [7, 11) is 0. The minimum absolute atomic E-state index is 1.03. The number of halogens is 1. The molecule has 1 rings (SSSR count). The summed E-state index contributed by atoms with van der Waals surface area (Å²) in [6.07, 6.45) is 0. The fraction of sp³-hybridized carbons (Fsp3) is 0.500. The number of aryl methyl sites for hydroxylation is 1. The van der Waals surface area contributed by atoms with Crippen LogP contribution in [0.4, 0.5) is 0 Å². The Kier molecular flexibility index (Phi) is 2.18. The van der Waals surface area contributed by atoms with Gasteiger partial charge in [0.1, 0.15) is 0 Å². The lowest BCUT2D eigenvalue weighted by molar-refractivity contribution is 1.08. The third-order valence-electron chi connectivity index (χ3n) is 0.867. The number of alkyl halides is 1. The van der Waals surface area contributed by atoms with E-state index < -0.39 is 0 Å². The van der Waals surface area contributed by atoms with Crippen LogP contribution < -0.4 is 0 Å². The molecule has 0 aliphatic rings. The van der Waals surface area contributed by atoms with E-state index in [0.717, 1.165) is 10.1 Å². The summed E-state index contributed by atoms with van der Waals surface area (Å²) in [6, 6.07) is 0. The molecule has 0 saturated heterocycles. The minimum atomic E-state index is 1.03. The lowest BCUT2D eigenvalue weighted by Gasteiger charge is -1.81. The highest BCUT2D eigenvalue weighted by Crippen LogP contribution is 2.12. The summed E-state index contributed by atoms with van der Waals surface area (Å²) in [4.78, 5) is 1.28. The zero-order chi connectivity index (χ0) is 5.98. The van der Waals surface area contributed by atoms with E-state index in [2.05, 4.69) is 32.2 Å². The average molecular weight is 240 g/mol. The van der Waals surface area contributed by atoms with Crippen LogP contribution in [0.1, 0.15) is 10.6 Å². The summed E-state index contributed by atoms with van der Waals surface area (Å²) in [6.45, 7) is 1.98. The van der Waals surface area contributed by atoms with Crippen LogP contribution in [0, 0.1) is 6.92 Å². The maximum atomic E-state index is 3.85. The molecule has 0 radical (unpaired) electrons. The van der Waals surface area contributed by atoms with Crippen LogP contribution in [0.25, 0.3) is 0 Å². The van der Waals surface area contributed by atoms with Crippen molar-refractivity contribution in [3.63, 3.8) is 0 Å².